The Balaban J connectivity index is 1.58. The highest BCUT2D eigenvalue weighted by atomic mass is 19.1. The van der Waals surface area contributed by atoms with Crippen LogP contribution in [0, 0.1) is 23.5 Å². The maximum Gasteiger partial charge on any atom is 0.251 e. The Bertz CT molecular complexity index is 688. The van der Waals surface area contributed by atoms with Gasteiger partial charge in [-0.15, -0.1) is 0 Å². The highest BCUT2D eigenvalue weighted by molar-refractivity contribution is 5.93. The van der Waals surface area contributed by atoms with Crippen molar-refractivity contribution < 1.29 is 13.6 Å². The largest absolute Gasteiger partial charge is 0.352 e. The molecule has 2 aromatic rings. The molecule has 0 spiro atoms. The smallest absolute Gasteiger partial charge is 0.251 e. The van der Waals surface area contributed by atoms with E-state index in [2.05, 4.69) is 15.6 Å². The van der Waals surface area contributed by atoms with E-state index in [1.165, 1.54) is 12.1 Å². The lowest BCUT2D eigenvalue weighted by Gasteiger charge is -2.19. The highest BCUT2D eigenvalue weighted by Crippen LogP contribution is 2.22. The lowest BCUT2D eigenvalue weighted by Crippen LogP contribution is -2.33. The molecule has 126 valence electrons. The van der Waals surface area contributed by atoms with E-state index in [0.717, 1.165) is 19.2 Å². The molecule has 0 radical (unpaired) electrons. The quantitative estimate of drug-likeness (QED) is 0.883. The average Bonchev–Trinajstić information content (AvgIpc) is 2.99. The van der Waals surface area contributed by atoms with Crippen molar-refractivity contribution in [2.75, 3.05) is 19.6 Å². The summed E-state index contributed by atoms with van der Waals surface area (Å²) in [5.41, 5.74) is 1.21. The van der Waals surface area contributed by atoms with Gasteiger partial charge in [-0.25, -0.2) is 8.78 Å². The number of carbonyl (C=O) groups is 1. The predicted molar refractivity (Wildman–Crippen MR) is 86.5 cm³/mol. The topological polar surface area (TPSA) is 54.0 Å². The summed E-state index contributed by atoms with van der Waals surface area (Å²) in [6, 6.07) is 6.94. The summed E-state index contributed by atoms with van der Waals surface area (Å²) >= 11 is 0. The van der Waals surface area contributed by atoms with E-state index in [0.29, 0.717) is 24.1 Å². The van der Waals surface area contributed by atoms with Gasteiger partial charge in [-0.3, -0.25) is 9.78 Å². The summed E-state index contributed by atoms with van der Waals surface area (Å²) in [6.45, 7) is 2.07. The van der Waals surface area contributed by atoms with Crippen molar-refractivity contribution in [3.8, 4) is 0 Å². The number of aromatic nitrogens is 1. The van der Waals surface area contributed by atoms with Crippen LogP contribution < -0.4 is 10.6 Å². The van der Waals surface area contributed by atoms with Gasteiger partial charge < -0.3 is 10.6 Å². The Morgan fingerprint density at radius 2 is 1.79 bits per heavy atom. The van der Waals surface area contributed by atoms with Gasteiger partial charge in [0.15, 0.2) is 0 Å². The van der Waals surface area contributed by atoms with Crippen LogP contribution in [0.15, 0.2) is 42.7 Å². The van der Waals surface area contributed by atoms with E-state index in [1.807, 2.05) is 0 Å². The van der Waals surface area contributed by atoms with Crippen LogP contribution in [0.5, 0.6) is 0 Å². The normalized spacial score (nSPS) is 20.1. The second-order valence-electron chi connectivity index (χ2n) is 6.11. The summed E-state index contributed by atoms with van der Waals surface area (Å²) in [4.78, 5) is 16.0. The Hall–Kier alpha value is -2.34. The number of nitrogens with one attached hydrogen (secondary N) is 2. The fraction of sp³-hybridized carbons (Fsp3) is 0.333. The van der Waals surface area contributed by atoms with Crippen LogP contribution in [0.1, 0.15) is 15.9 Å². The number of hydrogen-bond donors (Lipinski definition) is 2. The van der Waals surface area contributed by atoms with Gasteiger partial charge in [0.25, 0.3) is 5.91 Å². The van der Waals surface area contributed by atoms with Crippen LogP contribution in [-0.2, 0) is 6.42 Å². The summed E-state index contributed by atoms with van der Waals surface area (Å²) in [6.07, 6.45) is 3.73. The SMILES string of the molecule is O=C(NCC1CNCC1Cc1cc(F)cc(F)c1)c1ccncc1. The molecule has 0 aliphatic carbocycles. The lowest BCUT2D eigenvalue weighted by atomic mass is 9.89. The van der Waals surface area contributed by atoms with Gasteiger partial charge in [0.05, 0.1) is 0 Å². The molecule has 0 bridgehead atoms. The molecule has 2 heterocycles. The zero-order valence-corrected chi connectivity index (χ0v) is 13.1. The number of halogens is 2. The second kappa shape index (κ2) is 7.49. The number of carbonyl (C=O) groups excluding carboxylic acids is 1. The third-order valence-corrected chi connectivity index (χ3v) is 4.37. The van der Waals surface area contributed by atoms with Gasteiger partial charge in [-0.05, 0) is 61.2 Å². The van der Waals surface area contributed by atoms with Gasteiger partial charge in [-0.2, -0.15) is 0 Å². The highest BCUT2D eigenvalue weighted by Gasteiger charge is 2.27. The van der Waals surface area contributed by atoms with Crippen LogP contribution in [0.25, 0.3) is 0 Å². The number of rotatable bonds is 5. The molecule has 6 heteroatoms. The van der Waals surface area contributed by atoms with E-state index < -0.39 is 11.6 Å². The van der Waals surface area contributed by atoms with Gasteiger partial charge >= 0.3 is 0 Å². The Morgan fingerprint density at radius 3 is 2.50 bits per heavy atom. The van der Waals surface area contributed by atoms with Crippen LogP contribution >= 0.6 is 0 Å². The molecule has 1 aromatic heterocycles. The molecular formula is C18H19F2N3O. The number of hydrogen-bond acceptors (Lipinski definition) is 3. The summed E-state index contributed by atoms with van der Waals surface area (Å²) in [5.74, 6) is -0.803. The Kier molecular flexibility index (Phi) is 5.15. The zero-order valence-electron chi connectivity index (χ0n) is 13.1. The van der Waals surface area contributed by atoms with Crippen molar-refractivity contribution in [3.63, 3.8) is 0 Å². The van der Waals surface area contributed by atoms with E-state index in [9.17, 15) is 13.6 Å². The fourth-order valence-corrected chi connectivity index (χ4v) is 3.13. The summed E-state index contributed by atoms with van der Waals surface area (Å²) < 4.78 is 26.6. The van der Waals surface area contributed by atoms with Crippen molar-refractivity contribution >= 4 is 5.91 Å². The van der Waals surface area contributed by atoms with Crippen LogP contribution in [0.2, 0.25) is 0 Å². The first-order valence-electron chi connectivity index (χ1n) is 7.96. The molecule has 1 aliphatic heterocycles. The molecule has 2 atom stereocenters. The lowest BCUT2D eigenvalue weighted by molar-refractivity contribution is 0.0945. The van der Waals surface area contributed by atoms with Crippen LogP contribution in [-0.4, -0.2) is 30.5 Å². The first-order valence-corrected chi connectivity index (χ1v) is 7.96. The maximum atomic E-state index is 13.3. The van der Waals surface area contributed by atoms with E-state index >= 15 is 0 Å². The van der Waals surface area contributed by atoms with Gasteiger partial charge in [-0.1, -0.05) is 0 Å². The van der Waals surface area contributed by atoms with Crippen molar-refractivity contribution in [2.45, 2.75) is 6.42 Å². The number of nitrogens with zero attached hydrogens (tertiary/aromatic N) is 1. The molecule has 2 N–H and O–H groups in total. The molecule has 2 unspecified atom stereocenters. The van der Waals surface area contributed by atoms with Crippen molar-refractivity contribution in [1.82, 2.24) is 15.6 Å². The molecular weight excluding hydrogens is 312 g/mol. The first kappa shape index (κ1) is 16.5. The summed E-state index contributed by atoms with van der Waals surface area (Å²) in [7, 11) is 0. The van der Waals surface area contributed by atoms with Crippen molar-refractivity contribution in [1.29, 1.82) is 0 Å². The molecule has 1 aromatic carbocycles. The first-order chi connectivity index (χ1) is 11.6. The Morgan fingerprint density at radius 1 is 1.12 bits per heavy atom. The second-order valence-corrected chi connectivity index (χ2v) is 6.11. The number of benzene rings is 1. The third-order valence-electron chi connectivity index (χ3n) is 4.37. The van der Waals surface area contributed by atoms with Gasteiger partial charge in [0.1, 0.15) is 11.6 Å². The maximum absolute atomic E-state index is 13.3. The third kappa shape index (κ3) is 4.14. The predicted octanol–water partition coefficient (Wildman–Crippen LogP) is 2.17. The number of amides is 1. The molecule has 3 rings (SSSR count). The van der Waals surface area contributed by atoms with Gasteiger partial charge in [0, 0.05) is 30.6 Å². The molecule has 24 heavy (non-hydrogen) atoms. The van der Waals surface area contributed by atoms with E-state index in [4.69, 9.17) is 0 Å². The Labute approximate surface area is 139 Å². The van der Waals surface area contributed by atoms with E-state index in [-0.39, 0.29) is 17.7 Å². The molecule has 1 aliphatic rings. The standard InChI is InChI=1S/C18H19F2N3O/c19-16-6-12(7-17(20)8-16)5-14-9-22-10-15(14)11-23-18(24)13-1-3-21-4-2-13/h1-4,6-8,14-15,22H,5,9-11H2,(H,23,24). The van der Waals surface area contributed by atoms with Crippen molar-refractivity contribution in [3.05, 3.63) is 65.5 Å². The van der Waals surface area contributed by atoms with Crippen LogP contribution in [0.3, 0.4) is 0 Å². The zero-order chi connectivity index (χ0) is 16.9. The summed E-state index contributed by atoms with van der Waals surface area (Å²) in [5, 5.41) is 6.21. The van der Waals surface area contributed by atoms with Gasteiger partial charge in [0.2, 0.25) is 0 Å². The molecule has 4 nitrogen and oxygen atoms in total. The minimum atomic E-state index is -0.557. The molecule has 1 amide bonds. The average molecular weight is 331 g/mol. The minimum absolute atomic E-state index is 0.139. The minimum Gasteiger partial charge on any atom is -0.352 e. The monoisotopic (exact) mass is 331 g/mol. The molecule has 1 saturated heterocycles. The van der Waals surface area contributed by atoms with Crippen LogP contribution in [0.4, 0.5) is 8.78 Å². The number of pyridine rings is 1. The van der Waals surface area contributed by atoms with E-state index in [1.54, 1.807) is 24.5 Å². The van der Waals surface area contributed by atoms with Crippen molar-refractivity contribution in [2.24, 2.45) is 11.8 Å². The molecule has 1 fully saturated rings. The fourth-order valence-electron chi connectivity index (χ4n) is 3.13. The molecule has 0 saturated carbocycles.